The molecule has 2 aromatic rings. The van der Waals surface area contributed by atoms with E-state index in [4.69, 9.17) is 4.74 Å². The van der Waals surface area contributed by atoms with Crippen molar-refractivity contribution in [1.29, 1.82) is 0 Å². The summed E-state index contributed by atoms with van der Waals surface area (Å²) in [6.07, 6.45) is 3.14. The normalized spacial score (nSPS) is 23.8. The molecule has 2 fully saturated rings. The number of hydrogen-bond acceptors (Lipinski definition) is 5. The van der Waals surface area contributed by atoms with Crippen molar-refractivity contribution in [2.75, 3.05) is 32.1 Å². The number of nitrogens with zero attached hydrogens (tertiary/aromatic N) is 3. The third kappa shape index (κ3) is 4.75. The van der Waals surface area contributed by atoms with Crippen LogP contribution < -0.4 is 5.32 Å². The maximum atomic E-state index is 14.0. The summed E-state index contributed by atoms with van der Waals surface area (Å²) in [6, 6.07) is 4.95. The molecule has 164 valence electrons. The molecule has 2 heterocycles. The molecule has 2 aliphatic rings. The second-order valence-electron chi connectivity index (χ2n) is 9.35. The molecule has 1 aliphatic heterocycles. The first-order valence-electron chi connectivity index (χ1n) is 10.8. The highest BCUT2D eigenvalue weighted by molar-refractivity contribution is 6.39. The second-order valence-corrected chi connectivity index (χ2v) is 9.35. The standard InChI is InChI=1S/C21H27B2F3N4O/c1-31-5-4-21(22,23)30-10-12-6-15(7-13(12)11-30)27-19-3-2-18(28-29-19)16-8-14(24)9-17(25)20(16)26/h2-3,8-9,12-13,15H,4-7,10-11,22-23H2,1H3,(H,27,29)/t12-,13+,15+. The van der Waals surface area contributed by atoms with Gasteiger partial charge in [-0.15, -0.1) is 10.2 Å². The highest BCUT2D eigenvalue weighted by atomic mass is 19.2. The van der Waals surface area contributed by atoms with E-state index in [-0.39, 0.29) is 16.6 Å². The van der Waals surface area contributed by atoms with Gasteiger partial charge in [-0.2, -0.15) is 0 Å². The molecule has 1 aliphatic carbocycles. The van der Waals surface area contributed by atoms with Crippen molar-refractivity contribution < 1.29 is 17.9 Å². The number of hydrogen-bond donors (Lipinski definition) is 1. The SMILES string of the molecule is BC(B)(CCOC)N1C[C@H]2C[C@H](Nc3ccc(-c4cc(F)cc(F)c4F)nn3)C[C@H]2C1. The minimum atomic E-state index is -1.24. The summed E-state index contributed by atoms with van der Waals surface area (Å²) in [5.41, 5.74) is -0.137. The first-order chi connectivity index (χ1) is 14.8. The van der Waals surface area contributed by atoms with Crippen LogP contribution >= 0.6 is 0 Å². The Kier molecular flexibility index (Phi) is 6.30. The summed E-state index contributed by atoms with van der Waals surface area (Å²) in [5.74, 6) is -1.33. The Morgan fingerprint density at radius 2 is 1.84 bits per heavy atom. The van der Waals surface area contributed by atoms with Gasteiger partial charge in [0.25, 0.3) is 0 Å². The predicted molar refractivity (Wildman–Crippen MR) is 119 cm³/mol. The lowest BCUT2D eigenvalue weighted by atomic mass is 9.59. The third-order valence-corrected chi connectivity index (χ3v) is 6.81. The van der Waals surface area contributed by atoms with Gasteiger partial charge < -0.3 is 15.0 Å². The number of likely N-dealkylation sites (tertiary alicyclic amines) is 1. The van der Waals surface area contributed by atoms with Crippen LogP contribution in [0.25, 0.3) is 11.3 Å². The van der Waals surface area contributed by atoms with Crippen molar-refractivity contribution in [3.05, 3.63) is 41.7 Å². The molecule has 1 saturated carbocycles. The highest BCUT2D eigenvalue weighted by Gasteiger charge is 2.44. The summed E-state index contributed by atoms with van der Waals surface area (Å²) in [7, 11) is 6.31. The Bertz CT molecular complexity index is 918. The van der Waals surface area contributed by atoms with Gasteiger partial charge in [-0.25, -0.2) is 13.2 Å². The maximum absolute atomic E-state index is 14.0. The van der Waals surface area contributed by atoms with Gasteiger partial charge in [0, 0.05) is 44.5 Å². The largest absolute Gasteiger partial charge is 0.385 e. The van der Waals surface area contributed by atoms with Crippen molar-refractivity contribution >= 4 is 21.5 Å². The van der Waals surface area contributed by atoms with Crippen molar-refractivity contribution in [2.45, 2.75) is 30.6 Å². The van der Waals surface area contributed by atoms with Gasteiger partial charge in [-0.05, 0) is 54.6 Å². The summed E-state index contributed by atoms with van der Waals surface area (Å²) >= 11 is 0. The van der Waals surface area contributed by atoms with Crippen LogP contribution in [0.15, 0.2) is 24.3 Å². The zero-order valence-corrected chi connectivity index (χ0v) is 18.2. The van der Waals surface area contributed by atoms with Crippen LogP contribution in [-0.4, -0.2) is 69.0 Å². The first-order valence-corrected chi connectivity index (χ1v) is 10.8. The summed E-state index contributed by atoms with van der Waals surface area (Å²) in [6.45, 7) is 2.95. The second kappa shape index (κ2) is 8.82. The molecule has 0 bridgehead atoms. The van der Waals surface area contributed by atoms with Crippen molar-refractivity contribution in [3.63, 3.8) is 0 Å². The molecule has 1 aromatic carbocycles. The molecule has 10 heteroatoms. The van der Waals surface area contributed by atoms with Crippen LogP contribution in [0.2, 0.25) is 0 Å². The van der Waals surface area contributed by atoms with Crippen LogP contribution in [-0.2, 0) is 4.74 Å². The lowest BCUT2D eigenvalue weighted by molar-refractivity contribution is 0.153. The number of rotatable bonds is 7. The number of ether oxygens (including phenoxy) is 1. The van der Waals surface area contributed by atoms with Crippen molar-refractivity contribution in [3.8, 4) is 11.3 Å². The maximum Gasteiger partial charge on any atom is 0.168 e. The molecule has 1 aromatic heterocycles. The van der Waals surface area contributed by atoms with E-state index >= 15 is 0 Å². The fourth-order valence-corrected chi connectivity index (χ4v) is 4.93. The van der Waals surface area contributed by atoms with Gasteiger partial charge in [-0.1, -0.05) is 0 Å². The monoisotopic (exact) mass is 430 g/mol. The molecule has 0 amide bonds. The fraction of sp³-hybridized carbons (Fsp3) is 0.524. The Balaban J connectivity index is 1.35. The number of methoxy groups -OCH3 is 1. The quantitative estimate of drug-likeness (QED) is 0.535. The van der Waals surface area contributed by atoms with E-state index in [1.165, 1.54) is 6.07 Å². The van der Waals surface area contributed by atoms with Crippen molar-refractivity contribution in [2.24, 2.45) is 11.8 Å². The van der Waals surface area contributed by atoms with Crippen LogP contribution in [0.4, 0.5) is 19.0 Å². The number of anilines is 1. The number of fused-ring (bicyclic) bond motifs is 1. The number of nitrogens with one attached hydrogen (secondary N) is 1. The van der Waals surface area contributed by atoms with Crippen LogP contribution in [0, 0.1) is 29.3 Å². The van der Waals surface area contributed by atoms with E-state index in [1.54, 1.807) is 13.2 Å². The van der Waals surface area contributed by atoms with E-state index in [0.717, 1.165) is 45.0 Å². The minimum Gasteiger partial charge on any atom is -0.385 e. The topological polar surface area (TPSA) is 50.3 Å². The predicted octanol–water partition coefficient (Wildman–Crippen LogP) is 1.64. The van der Waals surface area contributed by atoms with E-state index in [1.807, 2.05) is 0 Å². The smallest absolute Gasteiger partial charge is 0.168 e. The molecule has 0 unspecified atom stereocenters. The molecule has 0 spiro atoms. The number of benzene rings is 1. The molecule has 0 radical (unpaired) electrons. The zero-order valence-electron chi connectivity index (χ0n) is 18.2. The number of aromatic nitrogens is 2. The molecule has 3 atom stereocenters. The van der Waals surface area contributed by atoms with Gasteiger partial charge in [0.15, 0.2) is 11.6 Å². The van der Waals surface area contributed by atoms with Crippen LogP contribution in [0.3, 0.4) is 0 Å². The Morgan fingerprint density at radius 1 is 1.13 bits per heavy atom. The first kappa shape index (κ1) is 22.1. The summed E-state index contributed by atoms with van der Waals surface area (Å²) in [4.78, 5) is 2.58. The number of halogens is 3. The van der Waals surface area contributed by atoms with Gasteiger partial charge in [0.2, 0.25) is 0 Å². The fourth-order valence-electron chi connectivity index (χ4n) is 4.93. The molecule has 1 saturated heterocycles. The van der Waals surface area contributed by atoms with E-state index < -0.39 is 17.5 Å². The average Bonchev–Trinajstić information content (AvgIpc) is 3.29. The van der Waals surface area contributed by atoms with Gasteiger partial charge in [-0.3, -0.25) is 0 Å². The summed E-state index contributed by atoms with van der Waals surface area (Å²) in [5, 5.41) is 11.6. The van der Waals surface area contributed by atoms with Crippen LogP contribution in [0.1, 0.15) is 19.3 Å². The molecular formula is C21H27B2F3N4O. The third-order valence-electron chi connectivity index (χ3n) is 6.81. The van der Waals surface area contributed by atoms with E-state index in [2.05, 4.69) is 36.1 Å². The average molecular weight is 430 g/mol. The molecular weight excluding hydrogens is 403 g/mol. The molecule has 5 nitrogen and oxygen atoms in total. The van der Waals surface area contributed by atoms with Crippen LogP contribution in [0.5, 0.6) is 0 Å². The molecule has 1 N–H and O–H groups in total. The molecule has 4 rings (SSSR count). The molecule has 31 heavy (non-hydrogen) atoms. The summed E-state index contributed by atoms with van der Waals surface area (Å²) < 4.78 is 46.1. The zero-order chi connectivity index (χ0) is 22.2. The van der Waals surface area contributed by atoms with E-state index in [9.17, 15) is 13.2 Å². The Hall–Kier alpha value is -2.06. The lowest BCUT2D eigenvalue weighted by Gasteiger charge is -2.37. The Morgan fingerprint density at radius 3 is 2.45 bits per heavy atom. The van der Waals surface area contributed by atoms with Gasteiger partial charge in [0.1, 0.15) is 27.3 Å². The van der Waals surface area contributed by atoms with Gasteiger partial charge in [0.05, 0.1) is 5.69 Å². The van der Waals surface area contributed by atoms with Gasteiger partial charge >= 0.3 is 0 Å². The lowest BCUT2D eigenvalue weighted by Crippen LogP contribution is -2.50. The minimum absolute atomic E-state index is 0.0960. The highest BCUT2D eigenvalue weighted by Crippen LogP contribution is 2.41. The van der Waals surface area contributed by atoms with E-state index in [0.29, 0.717) is 29.8 Å². The van der Waals surface area contributed by atoms with Crippen molar-refractivity contribution in [1.82, 2.24) is 15.1 Å². The Labute approximate surface area is 182 Å².